The van der Waals surface area contributed by atoms with Gasteiger partial charge in [-0.1, -0.05) is 30.3 Å². The number of ether oxygens (including phenoxy) is 1. The first-order valence-electron chi connectivity index (χ1n) is 6.47. The molecule has 4 nitrogen and oxygen atoms in total. The summed E-state index contributed by atoms with van der Waals surface area (Å²) in [5, 5.41) is 12.9. The lowest BCUT2D eigenvalue weighted by molar-refractivity contribution is 0.0556. The van der Waals surface area contributed by atoms with Crippen LogP contribution in [0.15, 0.2) is 30.3 Å². The van der Waals surface area contributed by atoms with Crippen LogP contribution < -0.4 is 5.32 Å². The molecule has 0 amide bonds. The summed E-state index contributed by atoms with van der Waals surface area (Å²) in [7, 11) is 1.71. The normalized spacial score (nSPS) is 25.2. The summed E-state index contributed by atoms with van der Waals surface area (Å²) in [5.74, 6) is 0. The summed E-state index contributed by atoms with van der Waals surface area (Å²) in [5.41, 5.74) is 1.30. The minimum Gasteiger partial charge on any atom is -0.395 e. The third-order valence-electron chi connectivity index (χ3n) is 3.53. The Morgan fingerprint density at radius 1 is 1.39 bits per heavy atom. The highest BCUT2D eigenvalue weighted by molar-refractivity contribution is 5.20. The second-order valence-electron chi connectivity index (χ2n) is 4.70. The molecular formula is C14H22N2O2. The van der Waals surface area contributed by atoms with Crippen molar-refractivity contribution in [3.05, 3.63) is 35.9 Å². The number of rotatable bonds is 5. The molecule has 2 N–H and O–H groups in total. The predicted molar refractivity (Wildman–Crippen MR) is 71.5 cm³/mol. The molecule has 2 unspecified atom stereocenters. The van der Waals surface area contributed by atoms with Gasteiger partial charge >= 0.3 is 0 Å². The molecule has 2 atom stereocenters. The van der Waals surface area contributed by atoms with Gasteiger partial charge in [0.15, 0.2) is 0 Å². The van der Waals surface area contributed by atoms with E-state index in [1.165, 1.54) is 5.56 Å². The van der Waals surface area contributed by atoms with Crippen molar-refractivity contribution in [1.29, 1.82) is 0 Å². The smallest absolute Gasteiger partial charge is 0.0599 e. The van der Waals surface area contributed by atoms with E-state index in [1.54, 1.807) is 7.11 Å². The minimum absolute atomic E-state index is 0.193. The van der Waals surface area contributed by atoms with Gasteiger partial charge in [-0.15, -0.1) is 0 Å². The van der Waals surface area contributed by atoms with Crippen molar-refractivity contribution in [3.63, 3.8) is 0 Å². The molecule has 0 bridgehead atoms. The van der Waals surface area contributed by atoms with Crippen molar-refractivity contribution in [2.24, 2.45) is 0 Å². The molecule has 1 heterocycles. The van der Waals surface area contributed by atoms with Gasteiger partial charge in [-0.05, 0) is 5.56 Å². The number of methoxy groups -OCH3 is 1. The molecule has 0 aromatic heterocycles. The van der Waals surface area contributed by atoms with Crippen molar-refractivity contribution in [3.8, 4) is 0 Å². The van der Waals surface area contributed by atoms with Gasteiger partial charge in [0.2, 0.25) is 0 Å². The third kappa shape index (κ3) is 3.29. The van der Waals surface area contributed by atoms with Crippen molar-refractivity contribution in [1.82, 2.24) is 10.2 Å². The lowest BCUT2D eigenvalue weighted by Crippen LogP contribution is -2.54. The second-order valence-corrected chi connectivity index (χ2v) is 4.70. The van der Waals surface area contributed by atoms with E-state index in [4.69, 9.17) is 4.74 Å². The first-order chi connectivity index (χ1) is 8.85. The van der Waals surface area contributed by atoms with Gasteiger partial charge in [-0.2, -0.15) is 0 Å². The zero-order valence-electron chi connectivity index (χ0n) is 10.9. The van der Waals surface area contributed by atoms with E-state index in [1.807, 2.05) is 6.07 Å². The van der Waals surface area contributed by atoms with E-state index < -0.39 is 0 Å². The maximum atomic E-state index is 9.40. The first-order valence-corrected chi connectivity index (χ1v) is 6.47. The van der Waals surface area contributed by atoms with Crippen molar-refractivity contribution >= 4 is 0 Å². The molecular weight excluding hydrogens is 228 g/mol. The zero-order chi connectivity index (χ0) is 12.8. The molecule has 1 fully saturated rings. The van der Waals surface area contributed by atoms with E-state index in [0.29, 0.717) is 12.6 Å². The van der Waals surface area contributed by atoms with E-state index in [9.17, 15) is 5.11 Å². The Morgan fingerprint density at radius 3 is 2.83 bits per heavy atom. The lowest BCUT2D eigenvalue weighted by atomic mass is 10.0. The Kier molecular flexibility index (Phi) is 5.13. The molecule has 1 aromatic carbocycles. The molecule has 0 spiro atoms. The van der Waals surface area contributed by atoms with Gasteiger partial charge in [-0.3, -0.25) is 4.90 Å². The number of nitrogens with zero attached hydrogens (tertiary/aromatic N) is 1. The minimum atomic E-state index is 0.193. The quantitative estimate of drug-likeness (QED) is 0.805. The highest BCUT2D eigenvalue weighted by Gasteiger charge is 2.27. The van der Waals surface area contributed by atoms with Crippen LogP contribution in [-0.2, 0) is 4.74 Å². The van der Waals surface area contributed by atoms with Crippen LogP contribution in [0.3, 0.4) is 0 Å². The number of hydrogen-bond acceptors (Lipinski definition) is 4. The van der Waals surface area contributed by atoms with E-state index in [2.05, 4.69) is 34.5 Å². The molecule has 1 aliphatic rings. The molecule has 1 aliphatic heterocycles. The molecule has 0 radical (unpaired) electrons. The number of aliphatic hydroxyl groups is 1. The third-order valence-corrected chi connectivity index (χ3v) is 3.53. The van der Waals surface area contributed by atoms with Gasteiger partial charge in [0.1, 0.15) is 0 Å². The molecule has 1 aromatic rings. The molecule has 100 valence electrons. The van der Waals surface area contributed by atoms with Gasteiger partial charge in [0.05, 0.1) is 13.2 Å². The van der Waals surface area contributed by atoms with Crippen LogP contribution in [0.2, 0.25) is 0 Å². The van der Waals surface area contributed by atoms with Crippen LogP contribution in [-0.4, -0.2) is 56.0 Å². The fraction of sp³-hybridized carbons (Fsp3) is 0.571. The van der Waals surface area contributed by atoms with Crippen LogP contribution >= 0.6 is 0 Å². The van der Waals surface area contributed by atoms with E-state index >= 15 is 0 Å². The number of aliphatic hydroxyl groups excluding tert-OH is 1. The van der Waals surface area contributed by atoms with Crippen LogP contribution in [0.5, 0.6) is 0 Å². The average Bonchev–Trinajstić information content (AvgIpc) is 2.45. The zero-order valence-corrected chi connectivity index (χ0v) is 10.9. The average molecular weight is 250 g/mol. The summed E-state index contributed by atoms with van der Waals surface area (Å²) < 4.78 is 5.13. The highest BCUT2D eigenvalue weighted by atomic mass is 16.5. The Balaban J connectivity index is 2.00. The summed E-state index contributed by atoms with van der Waals surface area (Å²) in [6.45, 7) is 3.50. The first kappa shape index (κ1) is 13.5. The fourth-order valence-corrected chi connectivity index (χ4v) is 2.43. The van der Waals surface area contributed by atoms with Gasteiger partial charge in [-0.25, -0.2) is 0 Å². The second kappa shape index (κ2) is 6.85. The molecule has 2 rings (SSSR count). The standard InChI is InChI=1S/C14H22N2O2/c1-18-8-7-16-10-14(15-9-13(16)11-17)12-5-3-2-4-6-12/h2-6,13-15,17H,7-11H2,1H3. The largest absolute Gasteiger partial charge is 0.395 e. The summed E-state index contributed by atoms with van der Waals surface area (Å²) in [6, 6.07) is 11.0. The van der Waals surface area contributed by atoms with Crippen LogP contribution in [0, 0.1) is 0 Å². The number of hydrogen-bond donors (Lipinski definition) is 2. The maximum Gasteiger partial charge on any atom is 0.0599 e. The Morgan fingerprint density at radius 2 is 2.17 bits per heavy atom. The van der Waals surface area contributed by atoms with Crippen molar-refractivity contribution in [2.45, 2.75) is 12.1 Å². The Bertz CT molecular complexity index is 345. The Labute approximate surface area is 109 Å². The lowest BCUT2D eigenvalue weighted by Gasteiger charge is -2.39. The summed E-state index contributed by atoms with van der Waals surface area (Å²) in [4.78, 5) is 2.30. The SMILES string of the molecule is COCCN1CC(c2ccccc2)NCC1CO. The predicted octanol–water partition coefficient (Wildman–Crippen LogP) is 0.640. The van der Waals surface area contributed by atoms with Gasteiger partial charge < -0.3 is 15.2 Å². The molecule has 18 heavy (non-hydrogen) atoms. The Hall–Kier alpha value is -0.940. The monoisotopic (exact) mass is 250 g/mol. The molecule has 4 heteroatoms. The fourth-order valence-electron chi connectivity index (χ4n) is 2.43. The molecule has 1 saturated heterocycles. The van der Waals surface area contributed by atoms with Gasteiger partial charge in [0.25, 0.3) is 0 Å². The molecule has 0 aliphatic carbocycles. The van der Waals surface area contributed by atoms with Crippen LogP contribution in [0.4, 0.5) is 0 Å². The van der Waals surface area contributed by atoms with E-state index in [-0.39, 0.29) is 12.6 Å². The molecule has 0 saturated carbocycles. The van der Waals surface area contributed by atoms with Crippen LogP contribution in [0.25, 0.3) is 0 Å². The van der Waals surface area contributed by atoms with Gasteiger partial charge in [0, 0.05) is 38.8 Å². The van der Waals surface area contributed by atoms with Crippen molar-refractivity contribution in [2.75, 3.05) is 40.0 Å². The van der Waals surface area contributed by atoms with E-state index in [0.717, 1.165) is 19.6 Å². The van der Waals surface area contributed by atoms with Crippen molar-refractivity contribution < 1.29 is 9.84 Å². The number of piperazine rings is 1. The summed E-state index contributed by atoms with van der Waals surface area (Å²) >= 11 is 0. The number of benzene rings is 1. The summed E-state index contributed by atoms with van der Waals surface area (Å²) in [6.07, 6.45) is 0. The van der Waals surface area contributed by atoms with Crippen LogP contribution in [0.1, 0.15) is 11.6 Å². The highest BCUT2D eigenvalue weighted by Crippen LogP contribution is 2.19. The number of nitrogens with one attached hydrogen (secondary N) is 1. The maximum absolute atomic E-state index is 9.40. The topological polar surface area (TPSA) is 44.7 Å².